The van der Waals surface area contributed by atoms with Crippen LogP contribution in [-0.2, 0) is 13.2 Å². The van der Waals surface area contributed by atoms with E-state index in [0.717, 1.165) is 30.5 Å². The monoisotopic (exact) mass is 490 g/mol. The molecule has 6 nitrogen and oxygen atoms in total. The van der Waals surface area contributed by atoms with Gasteiger partial charge in [-0.05, 0) is 70.5 Å². The molecular formula is C24H29F3N6S. The molecule has 1 N–H and O–H groups in total. The van der Waals surface area contributed by atoms with Crippen LogP contribution in [0.1, 0.15) is 37.8 Å². The average molecular weight is 491 g/mol. The molecule has 0 spiro atoms. The zero-order valence-electron chi connectivity index (χ0n) is 19.7. The largest absolute Gasteiger partial charge is 0.419 e. The Kier molecular flexibility index (Phi) is 7.18. The number of aryl methyl sites for hydroxylation is 2. The maximum absolute atomic E-state index is 13.5. The molecule has 10 heteroatoms. The van der Waals surface area contributed by atoms with Gasteiger partial charge < -0.3 is 10.2 Å². The molecule has 182 valence electrons. The maximum atomic E-state index is 13.5. The van der Waals surface area contributed by atoms with Crippen molar-refractivity contribution in [3.8, 4) is 11.3 Å². The van der Waals surface area contributed by atoms with Crippen LogP contribution in [0.3, 0.4) is 0 Å². The van der Waals surface area contributed by atoms with Crippen molar-refractivity contribution >= 4 is 23.4 Å². The summed E-state index contributed by atoms with van der Waals surface area (Å²) in [5.41, 5.74) is 0.938. The van der Waals surface area contributed by atoms with E-state index in [9.17, 15) is 13.2 Å². The lowest BCUT2D eigenvalue weighted by Crippen LogP contribution is -2.39. The SMILES string of the molecule is Cc1cc(SC2CCN(C(C)C)CC2)ccc1Nc1ncc(C(F)(F)F)c(-c2cnn(C)c2)n1. The fourth-order valence-corrected chi connectivity index (χ4v) is 5.31. The highest BCUT2D eigenvalue weighted by molar-refractivity contribution is 8.00. The molecule has 0 unspecified atom stereocenters. The Balaban J connectivity index is 1.49. The number of rotatable bonds is 6. The standard InChI is InChI=1S/C24H29F3N6S/c1-15(2)33-9-7-18(8-10-33)34-19-5-6-21(16(3)11-19)30-23-28-13-20(24(25,26)27)22(31-23)17-12-29-32(4)14-17/h5-6,11-15,18H,7-10H2,1-4H3,(H,28,30,31). The molecule has 0 bridgehead atoms. The number of nitrogens with one attached hydrogen (secondary N) is 1. The molecular weight excluding hydrogens is 461 g/mol. The number of hydrogen-bond donors (Lipinski definition) is 1. The number of piperidine rings is 1. The highest BCUT2D eigenvalue weighted by atomic mass is 32.2. The summed E-state index contributed by atoms with van der Waals surface area (Å²) < 4.78 is 42.0. The maximum Gasteiger partial charge on any atom is 0.419 e. The van der Waals surface area contributed by atoms with Gasteiger partial charge in [-0.2, -0.15) is 18.3 Å². The molecule has 34 heavy (non-hydrogen) atoms. The first-order chi connectivity index (χ1) is 16.1. The summed E-state index contributed by atoms with van der Waals surface area (Å²) in [6, 6.07) is 6.67. The number of likely N-dealkylation sites (tertiary alicyclic amines) is 1. The van der Waals surface area contributed by atoms with Crippen molar-refractivity contribution in [2.24, 2.45) is 7.05 Å². The third kappa shape index (κ3) is 5.72. The van der Waals surface area contributed by atoms with Crippen molar-refractivity contribution in [2.45, 2.75) is 56.0 Å². The summed E-state index contributed by atoms with van der Waals surface area (Å²) >= 11 is 1.89. The number of hydrogen-bond acceptors (Lipinski definition) is 6. The zero-order valence-corrected chi connectivity index (χ0v) is 20.5. The number of thioether (sulfide) groups is 1. The third-order valence-corrected chi connectivity index (χ3v) is 7.36. The summed E-state index contributed by atoms with van der Waals surface area (Å²) in [6.07, 6.45) is 1.45. The summed E-state index contributed by atoms with van der Waals surface area (Å²) in [5, 5.41) is 7.65. The zero-order chi connectivity index (χ0) is 24.5. The van der Waals surface area contributed by atoms with E-state index < -0.39 is 11.7 Å². The van der Waals surface area contributed by atoms with Gasteiger partial charge in [-0.15, -0.1) is 11.8 Å². The van der Waals surface area contributed by atoms with E-state index in [4.69, 9.17) is 0 Å². The second-order valence-corrected chi connectivity index (χ2v) is 10.3. The van der Waals surface area contributed by atoms with Crippen LogP contribution in [-0.4, -0.2) is 49.0 Å². The summed E-state index contributed by atoms with van der Waals surface area (Å²) in [6.45, 7) is 8.70. The minimum atomic E-state index is -4.57. The molecule has 4 rings (SSSR count). The first kappa shape index (κ1) is 24.5. The quantitative estimate of drug-likeness (QED) is 0.463. The van der Waals surface area contributed by atoms with Crippen LogP contribution < -0.4 is 5.32 Å². The van der Waals surface area contributed by atoms with E-state index in [1.807, 2.05) is 30.8 Å². The van der Waals surface area contributed by atoms with Crippen molar-refractivity contribution in [1.82, 2.24) is 24.6 Å². The van der Waals surface area contributed by atoms with Crippen molar-refractivity contribution < 1.29 is 13.2 Å². The molecule has 3 aromatic rings. The van der Waals surface area contributed by atoms with Gasteiger partial charge in [-0.25, -0.2) is 9.97 Å². The van der Waals surface area contributed by atoms with Crippen molar-refractivity contribution in [2.75, 3.05) is 18.4 Å². The molecule has 1 aliphatic heterocycles. The van der Waals surface area contributed by atoms with Crippen molar-refractivity contribution in [3.63, 3.8) is 0 Å². The highest BCUT2D eigenvalue weighted by Gasteiger charge is 2.35. The van der Waals surface area contributed by atoms with Crippen LogP contribution in [0.5, 0.6) is 0 Å². The predicted molar refractivity (Wildman–Crippen MR) is 129 cm³/mol. The van der Waals surface area contributed by atoms with Crippen LogP contribution in [0.4, 0.5) is 24.8 Å². The summed E-state index contributed by atoms with van der Waals surface area (Å²) in [4.78, 5) is 11.8. The van der Waals surface area contributed by atoms with Crippen LogP contribution in [0.25, 0.3) is 11.3 Å². The average Bonchev–Trinajstić information content (AvgIpc) is 3.21. The Labute approximate surface area is 202 Å². The number of anilines is 2. The Morgan fingerprint density at radius 1 is 1.15 bits per heavy atom. The smallest absolute Gasteiger partial charge is 0.324 e. The minimum absolute atomic E-state index is 0.108. The molecule has 0 radical (unpaired) electrons. The van der Waals surface area contributed by atoms with E-state index in [-0.39, 0.29) is 17.2 Å². The van der Waals surface area contributed by atoms with Gasteiger partial charge >= 0.3 is 6.18 Å². The fraction of sp³-hybridized carbons (Fsp3) is 0.458. The Bertz CT molecular complexity index is 1140. The van der Waals surface area contributed by atoms with Crippen LogP contribution in [0.15, 0.2) is 41.7 Å². The molecule has 0 atom stereocenters. The lowest BCUT2D eigenvalue weighted by molar-refractivity contribution is -0.137. The topological polar surface area (TPSA) is 58.9 Å². The Morgan fingerprint density at radius 2 is 1.88 bits per heavy atom. The number of nitrogens with zero attached hydrogens (tertiary/aromatic N) is 5. The highest BCUT2D eigenvalue weighted by Crippen LogP contribution is 2.37. The van der Waals surface area contributed by atoms with E-state index in [2.05, 4.69) is 45.2 Å². The van der Waals surface area contributed by atoms with Gasteiger partial charge in [0.25, 0.3) is 0 Å². The molecule has 3 heterocycles. The molecule has 1 aliphatic rings. The first-order valence-corrected chi connectivity index (χ1v) is 12.2. The van der Waals surface area contributed by atoms with E-state index in [1.165, 1.54) is 34.8 Å². The van der Waals surface area contributed by atoms with Gasteiger partial charge in [0.05, 0.1) is 11.9 Å². The number of aromatic nitrogens is 4. The molecule has 1 fully saturated rings. The molecule has 0 aliphatic carbocycles. The van der Waals surface area contributed by atoms with Gasteiger partial charge in [0.15, 0.2) is 0 Å². The molecule has 1 aromatic carbocycles. The lowest BCUT2D eigenvalue weighted by atomic mass is 10.1. The van der Waals surface area contributed by atoms with E-state index in [1.54, 1.807) is 7.05 Å². The van der Waals surface area contributed by atoms with Crippen molar-refractivity contribution in [1.29, 1.82) is 0 Å². The van der Waals surface area contributed by atoms with E-state index in [0.29, 0.717) is 11.3 Å². The lowest BCUT2D eigenvalue weighted by Gasteiger charge is -2.34. The van der Waals surface area contributed by atoms with Gasteiger partial charge in [0.2, 0.25) is 5.95 Å². The second-order valence-electron chi connectivity index (χ2n) is 8.90. The van der Waals surface area contributed by atoms with Gasteiger partial charge in [0, 0.05) is 46.9 Å². The van der Waals surface area contributed by atoms with Gasteiger partial charge in [0.1, 0.15) is 5.56 Å². The normalized spacial score (nSPS) is 15.8. The van der Waals surface area contributed by atoms with Crippen molar-refractivity contribution in [3.05, 3.63) is 47.9 Å². The number of benzene rings is 1. The minimum Gasteiger partial charge on any atom is -0.324 e. The third-order valence-electron chi connectivity index (χ3n) is 6.03. The van der Waals surface area contributed by atoms with Gasteiger partial charge in [-0.1, -0.05) is 0 Å². The van der Waals surface area contributed by atoms with E-state index >= 15 is 0 Å². The summed E-state index contributed by atoms with van der Waals surface area (Å²) in [7, 11) is 1.65. The molecule has 0 amide bonds. The number of alkyl halides is 3. The fourth-order valence-electron chi connectivity index (χ4n) is 4.09. The predicted octanol–water partition coefficient (Wildman–Crippen LogP) is 5.91. The molecule has 2 aromatic heterocycles. The first-order valence-electron chi connectivity index (χ1n) is 11.3. The number of halogens is 3. The second kappa shape index (κ2) is 9.95. The van der Waals surface area contributed by atoms with Crippen LogP contribution >= 0.6 is 11.8 Å². The Hall–Kier alpha value is -2.59. The van der Waals surface area contributed by atoms with Crippen LogP contribution in [0.2, 0.25) is 0 Å². The molecule has 0 saturated carbocycles. The summed E-state index contributed by atoms with van der Waals surface area (Å²) in [5.74, 6) is 0.108. The van der Waals surface area contributed by atoms with Crippen LogP contribution in [0, 0.1) is 6.92 Å². The molecule has 1 saturated heterocycles. The van der Waals surface area contributed by atoms with Gasteiger partial charge in [-0.3, -0.25) is 4.68 Å². The Morgan fingerprint density at radius 3 is 2.47 bits per heavy atom.